The molecule has 0 amide bonds. The van der Waals surface area contributed by atoms with Crippen molar-refractivity contribution in [1.82, 2.24) is 0 Å². The maximum Gasteiger partial charge on any atom is 0.382 e. The lowest BCUT2D eigenvalue weighted by molar-refractivity contribution is 0.173. The van der Waals surface area contributed by atoms with Crippen molar-refractivity contribution < 1.29 is 8.85 Å². The third-order valence-electron chi connectivity index (χ3n) is 4.17. The van der Waals surface area contributed by atoms with E-state index < -0.39 is 8.56 Å². The molecule has 118 valence electrons. The highest BCUT2D eigenvalue weighted by Gasteiger charge is 2.54. The fourth-order valence-electron chi connectivity index (χ4n) is 3.04. The summed E-state index contributed by atoms with van der Waals surface area (Å²) in [5.74, 6) is 0. The van der Waals surface area contributed by atoms with Crippen molar-refractivity contribution in [1.29, 1.82) is 0 Å². The van der Waals surface area contributed by atoms with Gasteiger partial charge in [-0.1, -0.05) is 74.5 Å². The summed E-state index contributed by atoms with van der Waals surface area (Å²) in [6.07, 6.45) is 0. The Morgan fingerprint density at radius 2 is 1.23 bits per heavy atom. The van der Waals surface area contributed by atoms with E-state index in [1.165, 1.54) is 10.8 Å². The summed E-state index contributed by atoms with van der Waals surface area (Å²) in [5, 5.41) is 0.995. The number of hydrogen-bond donors (Lipinski definition) is 0. The zero-order valence-electron chi connectivity index (χ0n) is 14.0. The fourth-order valence-corrected chi connectivity index (χ4v) is 6.89. The molecule has 2 aromatic rings. The summed E-state index contributed by atoms with van der Waals surface area (Å²) in [7, 11) is -2.64. The van der Waals surface area contributed by atoms with Crippen LogP contribution >= 0.6 is 0 Å². The molecule has 0 aliphatic rings. The van der Waals surface area contributed by atoms with Gasteiger partial charge in [-0.15, -0.1) is 0 Å². The first-order valence-electron chi connectivity index (χ1n) is 7.97. The van der Waals surface area contributed by atoms with Crippen LogP contribution in [0.3, 0.4) is 0 Å². The Bertz CT molecular complexity index is 561. The van der Waals surface area contributed by atoms with Crippen LogP contribution < -0.4 is 5.19 Å². The molecule has 0 bridgehead atoms. The van der Waals surface area contributed by atoms with Crippen LogP contribution in [0.4, 0.5) is 0 Å². The van der Waals surface area contributed by atoms with E-state index in [9.17, 15) is 0 Å². The van der Waals surface area contributed by atoms with Crippen LogP contribution in [0.5, 0.6) is 0 Å². The zero-order chi connectivity index (χ0) is 16.1. The van der Waals surface area contributed by atoms with Gasteiger partial charge in [0.1, 0.15) is 0 Å². The smallest absolute Gasteiger partial charge is 0.382 e. The van der Waals surface area contributed by atoms with E-state index in [0.717, 1.165) is 0 Å². The number of rotatable bonds is 7. The predicted octanol–water partition coefficient (Wildman–Crippen LogP) is 3.93. The monoisotopic (exact) mass is 314 g/mol. The van der Waals surface area contributed by atoms with Crippen molar-refractivity contribution in [2.24, 2.45) is 0 Å². The third kappa shape index (κ3) is 3.02. The minimum Gasteiger partial charge on any atom is -0.391 e. The highest BCUT2D eigenvalue weighted by atomic mass is 28.4. The van der Waals surface area contributed by atoms with E-state index in [1.807, 2.05) is 26.0 Å². The Balaban J connectivity index is 2.61. The first-order chi connectivity index (χ1) is 10.6. The van der Waals surface area contributed by atoms with E-state index in [-0.39, 0.29) is 5.04 Å². The van der Waals surface area contributed by atoms with Crippen molar-refractivity contribution in [3.05, 3.63) is 66.2 Å². The molecule has 0 aromatic heterocycles. The van der Waals surface area contributed by atoms with Gasteiger partial charge >= 0.3 is 8.56 Å². The molecule has 0 atom stereocenters. The topological polar surface area (TPSA) is 18.5 Å². The third-order valence-corrected chi connectivity index (χ3v) is 8.59. The first kappa shape index (κ1) is 16.9. The Kier molecular flexibility index (Phi) is 5.56. The van der Waals surface area contributed by atoms with Crippen LogP contribution in [-0.2, 0) is 13.9 Å². The van der Waals surface area contributed by atoms with Gasteiger partial charge in [0.05, 0.1) is 0 Å². The van der Waals surface area contributed by atoms with E-state index in [1.54, 1.807) is 0 Å². The van der Waals surface area contributed by atoms with Crippen LogP contribution in [0.1, 0.15) is 33.3 Å². The van der Waals surface area contributed by atoms with Crippen molar-refractivity contribution >= 4 is 13.7 Å². The van der Waals surface area contributed by atoms with Gasteiger partial charge in [0.2, 0.25) is 0 Å². The van der Waals surface area contributed by atoms with Gasteiger partial charge in [-0.05, 0) is 24.6 Å². The SMILES string of the molecule is CCO[Si](OCC)(c1ccccc1)C(C)(C)c1ccccc1. The molecule has 0 fully saturated rings. The molecule has 3 heteroatoms. The highest BCUT2D eigenvalue weighted by molar-refractivity contribution is 6.83. The van der Waals surface area contributed by atoms with Gasteiger partial charge in [-0.25, -0.2) is 0 Å². The second-order valence-electron chi connectivity index (χ2n) is 5.84. The molecule has 2 rings (SSSR count). The first-order valence-corrected chi connectivity index (χ1v) is 9.79. The Morgan fingerprint density at radius 3 is 1.68 bits per heavy atom. The summed E-state index contributed by atoms with van der Waals surface area (Å²) >= 11 is 0. The average molecular weight is 315 g/mol. The molecule has 0 saturated heterocycles. The van der Waals surface area contributed by atoms with Crippen molar-refractivity contribution in [2.75, 3.05) is 13.2 Å². The molecule has 0 unspecified atom stereocenters. The largest absolute Gasteiger partial charge is 0.391 e. The summed E-state index contributed by atoms with van der Waals surface area (Å²) < 4.78 is 12.8. The molecule has 2 aromatic carbocycles. The molecule has 0 saturated carbocycles. The molecule has 22 heavy (non-hydrogen) atoms. The lowest BCUT2D eigenvalue weighted by Crippen LogP contribution is -2.66. The van der Waals surface area contributed by atoms with Crippen molar-refractivity contribution in [2.45, 2.75) is 32.7 Å². The standard InChI is InChI=1S/C19H26O2Si/c1-5-20-22(21-6-2,18-15-11-8-12-16-18)19(3,4)17-13-9-7-10-14-17/h7-16H,5-6H2,1-4H3. The summed E-state index contributed by atoms with van der Waals surface area (Å²) in [6.45, 7) is 9.88. The number of benzene rings is 2. The van der Waals surface area contributed by atoms with E-state index in [0.29, 0.717) is 13.2 Å². The lowest BCUT2D eigenvalue weighted by Gasteiger charge is -2.43. The van der Waals surface area contributed by atoms with Gasteiger partial charge in [0.25, 0.3) is 0 Å². The van der Waals surface area contributed by atoms with Crippen LogP contribution in [0.2, 0.25) is 0 Å². The molecule has 0 spiro atoms. The Hall–Kier alpha value is -1.42. The molecule has 0 aliphatic carbocycles. The fraction of sp³-hybridized carbons (Fsp3) is 0.368. The minimum absolute atomic E-state index is 0.193. The molecular formula is C19H26O2Si. The zero-order valence-corrected chi connectivity index (χ0v) is 15.0. The van der Waals surface area contributed by atoms with E-state index in [2.05, 4.69) is 62.4 Å². The van der Waals surface area contributed by atoms with Crippen LogP contribution in [0.25, 0.3) is 0 Å². The van der Waals surface area contributed by atoms with Crippen LogP contribution in [0.15, 0.2) is 60.7 Å². The second-order valence-corrected chi connectivity index (χ2v) is 9.48. The minimum atomic E-state index is -2.64. The van der Waals surface area contributed by atoms with Gasteiger partial charge in [-0.3, -0.25) is 0 Å². The highest BCUT2D eigenvalue weighted by Crippen LogP contribution is 2.35. The summed E-state index contributed by atoms with van der Waals surface area (Å²) in [5.41, 5.74) is 1.26. The van der Waals surface area contributed by atoms with Gasteiger partial charge in [0.15, 0.2) is 0 Å². The van der Waals surface area contributed by atoms with Gasteiger partial charge in [-0.2, -0.15) is 0 Å². The van der Waals surface area contributed by atoms with Crippen molar-refractivity contribution in [3.63, 3.8) is 0 Å². The summed E-state index contributed by atoms with van der Waals surface area (Å²) in [6, 6.07) is 21.0. The van der Waals surface area contributed by atoms with Crippen molar-refractivity contribution in [3.8, 4) is 0 Å². The number of hydrogen-bond acceptors (Lipinski definition) is 2. The Morgan fingerprint density at radius 1 is 0.773 bits per heavy atom. The predicted molar refractivity (Wildman–Crippen MR) is 94.6 cm³/mol. The van der Waals surface area contributed by atoms with Crippen LogP contribution in [-0.4, -0.2) is 21.8 Å². The molecular weight excluding hydrogens is 288 g/mol. The van der Waals surface area contributed by atoms with E-state index in [4.69, 9.17) is 8.85 Å². The normalized spacial score (nSPS) is 12.4. The quantitative estimate of drug-likeness (QED) is 0.721. The van der Waals surface area contributed by atoms with Gasteiger partial charge in [0, 0.05) is 18.3 Å². The molecule has 0 N–H and O–H groups in total. The average Bonchev–Trinajstić information content (AvgIpc) is 2.56. The van der Waals surface area contributed by atoms with E-state index >= 15 is 0 Å². The molecule has 0 aliphatic heterocycles. The van der Waals surface area contributed by atoms with Crippen LogP contribution in [0, 0.1) is 0 Å². The molecule has 0 radical (unpaired) electrons. The lowest BCUT2D eigenvalue weighted by atomic mass is 10.0. The maximum atomic E-state index is 6.39. The summed E-state index contributed by atoms with van der Waals surface area (Å²) in [4.78, 5) is 0. The Labute approximate surface area is 135 Å². The molecule has 2 nitrogen and oxygen atoms in total. The second kappa shape index (κ2) is 7.23. The molecule has 0 heterocycles. The van der Waals surface area contributed by atoms with Gasteiger partial charge < -0.3 is 8.85 Å². The maximum absolute atomic E-state index is 6.39.